The van der Waals surface area contributed by atoms with Gasteiger partial charge in [-0.15, -0.1) is 0 Å². The van der Waals surface area contributed by atoms with Crippen molar-refractivity contribution in [2.24, 2.45) is 11.5 Å². The third-order valence-electron chi connectivity index (χ3n) is 2.96. The molecule has 1 radical (unpaired) electrons. The highest BCUT2D eigenvalue weighted by Crippen LogP contribution is 1.98. The molecule has 0 heterocycles. The fourth-order valence-corrected chi connectivity index (χ4v) is 1.60. The van der Waals surface area contributed by atoms with Crippen molar-refractivity contribution in [1.29, 1.82) is 0 Å². The molecular weight excluding hydrogens is 324 g/mol. The number of aliphatic hydroxyl groups is 1. The highest BCUT2D eigenvalue weighted by Gasteiger charge is 2.25. The maximum Gasteiger partial charge on any atom is 0.303 e. The fourth-order valence-electron chi connectivity index (χ4n) is 1.60. The molecule has 8 N–H and O–H groups in total. The van der Waals surface area contributed by atoms with Crippen molar-refractivity contribution >= 4 is 30.0 Å². The van der Waals surface area contributed by atoms with Gasteiger partial charge < -0.3 is 32.3 Å². The number of carboxylic acid groups (broad SMARTS) is 1. The monoisotopic (exact) mass is 345 g/mol. The number of primary amides is 1. The Labute approximate surface area is 137 Å². The average Bonchev–Trinajstić information content (AvgIpc) is 2.53. The van der Waals surface area contributed by atoms with E-state index in [1.165, 1.54) is 6.29 Å². The van der Waals surface area contributed by atoms with Crippen LogP contribution in [0.5, 0.6) is 0 Å². The first-order valence-corrected chi connectivity index (χ1v) is 7.06. The Kier molecular flexibility index (Phi) is 9.91. The maximum atomic E-state index is 11.9. The van der Waals surface area contributed by atoms with Crippen molar-refractivity contribution in [3.63, 3.8) is 0 Å². The van der Waals surface area contributed by atoms with Gasteiger partial charge in [0.05, 0.1) is 18.7 Å². The molecule has 0 unspecified atom stereocenters. The lowest BCUT2D eigenvalue weighted by Crippen LogP contribution is -2.55. The van der Waals surface area contributed by atoms with Gasteiger partial charge in [-0.3, -0.25) is 24.0 Å². The molecule has 0 aliphatic carbocycles. The Hall–Kier alpha value is -2.53. The van der Waals surface area contributed by atoms with Gasteiger partial charge in [0.15, 0.2) is 0 Å². The summed E-state index contributed by atoms with van der Waals surface area (Å²) in [6.45, 7) is -0.773. The van der Waals surface area contributed by atoms with Crippen LogP contribution < -0.4 is 22.1 Å². The summed E-state index contributed by atoms with van der Waals surface area (Å²) in [6, 6.07) is -3.69. The molecule has 0 fully saturated rings. The van der Waals surface area contributed by atoms with E-state index in [1.54, 1.807) is 0 Å². The number of aliphatic carboxylic acids is 1. The van der Waals surface area contributed by atoms with Gasteiger partial charge in [0, 0.05) is 12.8 Å². The van der Waals surface area contributed by atoms with Gasteiger partial charge in [-0.05, 0) is 12.8 Å². The van der Waals surface area contributed by atoms with Crippen LogP contribution in [-0.4, -0.2) is 64.9 Å². The molecule has 0 aliphatic rings. The van der Waals surface area contributed by atoms with Gasteiger partial charge in [-0.1, -0.05) is 0 Å². The first kappa shape index (κ1) is 21.5. The number of nitrogens with two attached hydrogens (primary N) is 2. The Morgan fingerprint density at radius 2 is 1.67 bits per heavy atom. The minimum Gasteiger partial charge on any atom is -0.481 e. The zero-order chi connectivity index (χ0) is 18.7. The van der Waals surface area contributed by atoms with E-state index in [0.29, 0.717) is 0 Å². The first-order chi connectivity index (χ1) is 11.2. The van der Waals surface area contributed by atoms with Crippen LogP contribution in [0.25, 0.3) is 0 Å². The molecule has 0 aliphatic heterocycles. The van der Waals surface area contributed by atoms with Crippen LogP contribution >= 0.6 is 0 Å². The number of aliphatic hydroxyl groups excluding tert-OH is 1. The summed E-state index contributed by atoms with van der Waals surface area (Å²) in [5.41, 5.74) is 10.4. The summed E-state index contributed by atoms with van der Waals surface area (Å²) < 4.78 is 0. The summed E-state index contributed by atoms with van der Waals surface area (Å²) in [6.07, 6.45) is 0.789. The lowest BCUT2D eigenvalue weighted by molar-refractivity contribution is -0.137. The number of nitrogens with one attached hydrogen (secondary N) is 2. The van der Waals surface area contributed by atoms with Crippen molar-refractivity contribution in [2.45, 2.75) is 43.8 Å². The van der Waals surface area contributed by atoms with Crippen LogP contribution in [0.2, 0.25) is 0 Å². The highest BCUT2D eigenvalue weighted by molar-refractivity contribution is 5.91. The smallest absolute Gasteiger partial charge is 0.303 e. The van der Waals surface area contributed by atoms with Crippen molar-refractivity contribution < 1.29 is 34.2 Å². The number of carbonyl (C=O) groups excluding carboxylic acids is 4. The molecular formula is C13H21N4O7. The standard InChI is InChI=1S/C13H21N4O7/c14-8(2-4-11(21)22)12(23)17-9(6-19)13(24)16-7(5-18)1-3-10(15)20/h7-9,19H,1-4,6,14H2,(H2,15,20)(H,16,24)(H,17,23)(H,21,22)/t7-,8-,9-/m0/s1. The molecule has 24 heavy (non-hydrogen) atoms. The van der Waals surface area contributed by atoms with Crippen LogP contribution in [0.3, 0.4) is 0 Å². The van der Waals surface area contributed by atoms with Crippen molar-refractivity contribution in [3.8, 4) is 0 Å². The molecule has 0 aromatic carbocycles. The molecule has 0 saturated carbocycles. The molecule has 0 spiro atoms. The summed E-state index contributed by atoms with van der Waals surface area (Å²) >= 11 is 0. The Balaban J connectivity index is 4.56. The molecule has 11 nitrogen and oxygen atoms in total. The zero-order valence-electron chi connectivity index (χ0n) is 12.9. The highest BCUT2D eigenvalue weighted by atomic mass is 16.4. The number of hydrogen-bond donors (Lipinski definition) is 6. The van der Waals surface area contributed by atoms with E-state index in [-0.39, 0.29) is 25.7 Å². The van der Waals surface area contributed by atoms with Crippen LogP contribution in [0.15, 0.2) is 0 Å². The number of rotatable bonds is 12. The summed E-state index contributed by atoms with van der Waals surface area (Å²) in [7, 11) is 0. The molecule has 0 saturated heterocycles. The van der Waals surface area contributed by atoms with E-state index < -0.39 is 48.4 Å². The van der Waals surface area contributed by atoms with Crippen LogP contribution in [-0.2, 0) is 24.0 Å². The molecule has 0 aromatic rings. The zero-order valence-corrected chi connectivity index (χ0v) is 12.9. The lowest BCUT2D eigenvalue weighted by atomic mass is 10.1. The minimum atomic E-state index is -1.39. The molecule has 3 amide bonds. The molecule has 0 rings (SSSR count). The van der Waals surface area contributed by atoms with Gasteiger partial charge in [0.2, 0.25) is 24.0 Å². The summed E-state index contributed by atoms with van der Waals surface area (Å²) in [4.78, 5) is 55.4. The quantitative estimate of drug-likeness (QED) is 0.209. The van der Waals surface area contributed by atoms with E-state index in [9.17, 15) is 24.0 Å². The Bertz CT molecular complexity index is 483. The fraction of sp³-hybridized carbons (Fsp3) is 0.615. The van der Waals surface area contributed by atoms with E-state index in [2.05, 4.69) is 10.6 Å². The third kappa shape index (κ3) is 8.80. The van der Waals surface area contributed by atoms with Crippen molar-refractivity contribution in [2.75, 3.05) is 6.61 Å². The SMILES string of the molecule is NC(=O)CC[C@@H]([C]=O)NC(=O)[C@H](CO)NC(=O)[C@@H](N)CCC(=O)O. The second-order valence-corrected chi connectivity index (χ2v) is 4.97. The van der Waals surface area contributed by atoms with Crippen LogP contribution in [0.4, 0.5) is 0 Å². The molecule has 0 aromatic heterocycles. The van der Waals surface area contributed by atoms with E-state index in [1.807, 2.05) is 0 Å². The molecule has 0 bridgehead atoms. The average molecular weight is 345 g/mol. The number of carboxylic acids is 1. The van der Waals surface area contributed by atoms with Crippen molar-refractivity contribution in [1.82, 2.24) is 10.6 Å². The topological polar surface area (TPSA) is 202 Å². The third-order valence-corrected chi connectivity index (χ3v) is 2.96. The van der Waals surface area contributed by atoms with Gasteiger partial charge >= 0.3 is 5.97 Å². The first-order valence-electron chi connectivity index (χ1n) is 7.06. The summed E-state index contributed by atoms with van der Waals surface area (Å²) in [5, 5.41) is 22.0. The second kappa shape index (κ2) is 11.1. The predicted molar refractivity (Wildman–Crippen MR) is 79.9 cm³/mol. The molecule has 135 valence electrons. The normalized spacial score (nSPS) is 14.1. The molecule has 11 heteroatoms. The lowest BCUT2D eigenvalue weighted by Gasteiger charge is -2.20. The second-order valence-electron chi connectivity index (χ2n) is 4.97. The number of amides is 3. The molecule has 3 atom stereocenters. The van der Waals surface area contributed by atoms with Crippen LogP contribution in [0, 0.1) is 0 Å². The largest absolute Gasteiger partial charge is 0.481 e. The Morgan fingerprint density at radius 3 is 2.12 bits per heavy atom. The van der Waals surface area contributed by atoms with Gasteiger partial charge in [-0.2, -0.15) is 0 Å². The Morgan fingerprint density at radius 1 is 1.04 bits per heavy atom. The van der Waals surface area contributed by atoms with Crippen LogP contribution in [0.1, 0.15) is 25.7 Å². The van der Waals surface area contributed by atoms with E-state index >= 15 is 0 Å². The van der Waals surface area contributed by atoms with E-state index in [0.717, 1.165) is 0 Å². The van der Waals surface area contributed by atoms with Crippen molar-refractivity contribution in [3.05, 3.63) is 0 Å². The van der Waals surface area contributed by atoms with E-state index in [4.69, 9.17) is 21.7 Å². The summed E-state index contributed by atoms with van der Waals surface area (Å²) in [5.74, 6) is -3.50. The predicted octanol–water partition coefficient (Wildman–Crippen LogP) is -3.48. The van der Waals surface area contributed by atoms with Gasteiger partial charge in [0.25, 0.3) is 0 Å². The number of carbonyl (C=O) groups is 4. The number of hydrogen-bond acceptors (Lipinski definition) is 7. The van der Waals surface area contributed by atoms with Gasteiger partial charge in [0.1, 0.15) is 6.04 Å². The minimum absolute atomic E-state index is 0.0746. The maximum absolute atomic E-state index is 11.9. The van der Waals surface area contributed by atoms with Gasteiger partial charge in [-0.25, -0.2) is 0 Å².